The third kappa shape index (κ3) is 1.42. The second kappa shape index (κ2) is 3.20. The summed E-state index contributed by atoms with van der Waals surface area (Å²) in [6.45, 7) is 2.06. The highest BCUT2D eigenvalue weighted by Gasteiger charge is 2.38. The van der Waals surface area contributed by atoms with Gasteiger partial charge in [-0.15, -0.1) is 0 Å². The molecule has 0 unspecified atom stereocenters. The van der Waals surface area contributed by atoms with Gasteiger partial charge >= 0.3 is 0 Å². The maximum absolute atomic E-state index is 13.6. The van der Waals surface area contributed by atoms with E-state index in [4.69, 9.17) is 0 Å². The summed E-state index contributed by atoms with van der Waals surface area (Å²) in [5, 5.41) is 6.85. The Hall–Kier alpha value is -1.09. The number of anilines is 1. The Bertz CT molecular complexity index is 383. The maximum Gasteiger partial charge on any atom is 0.128 e. The summed E-state index contributed by atoms with van der Waals surface area (Å²) >= 11 is 0. The highest BCUT2D eigenvalue weighted by molar-refractivity contribution is 5.59. The van der Waals surface area contributed by atoms with Gasteiger partial charge in [0, 0.05) is 23.2 Å². The molecule has 0 aliphatic carbocycles. The number of piperidine rings is 1. The number of hydrogen-bond donors (Lipinski definition) is 2. The van der Waals surface area contributed by atoms with Crippen LogP contribution >= 0.6 is 0 Å². The predicted molar refractivity (Wildman–Crippen MR) is 58.6 cm³/mol. The van der Waals surface area contributed by atoms with E-state index in [1.54, 1.807) is 12.1 Å². The molecule has 0 saturated carbocycles. The molecule has 0 aromatic heterocycles. The van der Waals surface area contributed by atoms with E-state index in [0.29, 0.717) is 0 Å². The number of rotatable bonds is 0. The SMILES string of the molecule is Fc1cccc2c1CC1(CCNCC1)N2. The smallest absolute Gasteiger partial charge is 0.128 e. The Balaban J connectivity index is 1.94. The molecular weight excluding hydrogens is 191 g/mol. The molecule has 3 heteroatoms. The Labute approximate surface area is 88.9 Å². The first-order valence-corrected chi connectivity index (χ1v) is 5.55. The average Bonchev–Trinajstić information content (AvgIpc) is 2.59. The van der Waals surface area contributed by atoms with Crippen molar-refractivity contribution in [3.8, 4) is 0 Å². The fraction of sp³-hybridized carbons (Fsp3) is 0.500. The van der Waals surface area contributed by atoms with Crippen LogP contribution in [0.15, 0.2) is 18.2 Å². The second-order valence-corrected chi connectivity index (χ2v) is 4.60. The van der Waals surface area contributed by atoms with Crippen LogP contribution in [0.5, 0.6) is 0 Å². The minimum absolute atomic E-state index is 0.0598. The Kier molecular flexibility index (Phi) is 1.96. The highest BCUT2D eigenvalue weighted by Crippen LogP contribution is 2.38. The van der Waals surface area contributed by atoms with Crippen molar-refractivity contribution in [2.24, 2.45) is 0 Å². The van der Waals surface area contributed by atoms with Crippen molar-refractivity contribution in [3.05, 3.63) is 29.6 Å². The van der Waals surface area contributed by atoms with Crippen LogP contribution in [0.1, 0.15) is 18.4 Å². The molecule has 0 atom stereocenters. The minimum atomic E-state index is -0.0598. The van der Waals surface area contributed by atoms with E-state index >= 15 is 0 Å². The maximum atomic E-state index is 13.6. The molecule has 1 fully saturated rings. The van der Waals surface area contributed by atoms with Gasteiger partial charge in [0.1, 0.15) is 5.82 Å². The largest absolute Gasteiger partial charge is 0.379 e. The lowest BCUT2D eigenvalue weighted by molar-refractivity contribution is 0.346. The van der Waals surface area contributed by atoms with Gasteiger partial charge in [0.05, 0.1) is 0 Å². The fourth-order valence-electron chi connectivity index (χ4n) is 2.73. The van der Waals surface area contributed by atoms with Crippen LogP contribution in [0.4, 0.5) is 10.1 Å². The lowest BCUT2D eigenvalue weighted by Crippen LogP contribution is -2.46. The van der Waals surface area contributed by atoms with Gasteiger partial charge in [-0.2, -0.15) is 0 Å². The second-order valence-electron chi connectivity index (χ2n) is 4.60. The Morgan fingerprint density at radius 2 is 2.00 bits per heavy atom. The van der Waals surface area contributed by atoms with Gasteiger partial charge in [-0.1, -0.05) is 6.07 Å². The van der Waals surface area contributed by atoms with Gasteiger partial charge in [0.15, 0.2) is 0 Å². The zero-order valence-electron chi connectivity index (χ0n) is 8.65. The lowest BCUT2D eigenvalue weighted by Gasteiger charge is -2.34. The molecule has 2 heterocycles. The minimum Gasteiger partial charge on any atom is -0.379 e. The van der Waals surface area contributed by atoms with Gasteiger partial charge < -0.3 is 10.6 Å². The first kappa shape index (κ1) is 9.16. The van der Waals surface area contributed by atoms with E-state index in [0.717, 1.165) is 43.6 Å². The Morgan fingerprint density at radius 3 is 2.73 bits per heavy atom. The monoisotopic (exact) mass is 206 g/mol. The quantitative estimate of drug-likeness (QED) is 0.677. The van der Waals surface area contributed by atoms with Crippen molar-refractivity contribution in [3.63, 3.8) is 0 Å². The number of benzene rings is 1. The van der Waals surface area contributed by atoms with Crippen LogP contribution < -0.4 is 10.6 Å². The topological polar surface area (TPSA) is 24.1 Å². The molecule has 15 heavy (non-hydrogen) atoms. The molecule has 80 valence electrons. The molecule has 1 aromatic carbocycles. The fourth-order valence-corrected chi connectivity index (χ4v) is 2.73. The lowest BCUT2D eigenvalue weighted by atomic mass is 9.86. The van der Waals surface area contributed by atoms with E-state index in [1.807, 2.05) is 6.07 Å². The van der Waals surface area contributed by atoms with Gasteiger partial charge in [0.2, 0.25) is 0 Å². The molecule has 0 radical (unpaired) electrons. The molecule has 1 aromatic rings. The first-order chi connectivity index (χ1) is 7.29. The average molecular weight is 206 g/mol. The van der Waals surface area contributed by atoms with Gasteiger partial charge in [0.25, 0.3) is 0 Å². The zero-order valence-corrected chi connectivity index (χ0v) is 8.65. The predicted octanol–water partition coefficient (Wildman–Crippen LogP) is 1.92. The number of halogens is 1. The van der Waals surface area contributed by atoms with Crippen LogP contribution in [-0.2, 0) is 6.42 Å². The van der Waals surface area contributed by atoms with Crippen LogP contribution in [0.2, 0.25) is 0 Å². The standard InChI is InChI=1S/C12H15FN2/c13-10-2-1-3-11-9(10)8-12(15-11)4-6-14-7-5-12/h1-3,14-15H,4-8H2. The summed E-state index contributed by atoms with van der Waals surface area (Å²) in [5.74, 6) is -0.0598. The van der Waals surface area contributed by atoms with Crippen molar-refractivity contribution in [2.75, 3.05) is 18.4 Å². The molecule has 0 bridgehead atoms. The van der Waals surface area contributed by atoms with Crippen molar-refractivity contribution in [1.29, 1.82) is 0 Å². The summed E-state index contributed by atoms with van der Waals surface area (Å²) in [7, 11) is 0. The van der Waals surface area contributed by atoms with Crippen LogP contribution in [0.25, 0.3) is 0 Å². The number of fused-ring (bicyclic) bond motifs is 1. The van der Waals surface area contributed by atoms with Crippen molar-refractivity contribution in [2.45, 2.75) is 24.8 Å². The molecule has 0 amide bonds. The zero-order chi connectivity index (χ0) is 10.3. The first-order valence-electron chi connectivity index (χ1n) is 5.55. The molecule has 1 spiro atoms. The van der Waals surface area contributed by atoms with E-state index in [9.17, 15) is 4.39 Å². The summed E-state index contributed by atoms with van der Waals surface area (Å²) in [6.07, 6.45) is 3.01. The third-order valence-corrected chi connectivity index (χ3v) is 3.59. The summed E-state index contributed by atoms with van der Waals surface area (Å²) in [6, 6.07) is 5.32. The third-order valence-electron chi connectivity index (χ3n) is 3.59. The summed E-state index contributed by atoms with van der Waals surface area (Å²) in [5.41, 5.74) is 1.99. The molecular formula is C12H15FN2. The molecule has 2 nitrogen and oxygen atoms in total. The van der Waals surface area contributed by atoms with Crippen LogP contribution in [0, 0.1) is 5.82 Å². The Morgan fingerprint density at radius 1 is 1.20 bits per heavy atom. The molecule has 2 N–H and O–H groups in total. The summed E-state index contributed by atoms with van der Waals surface area (Å²) in [4.78, 5) is 0. The number of hydrogen-bond acceptors (Lipinski definition) is 2. The summed E-state index contributed by atoms with van der Waals surface area (Å²) < 4.78 is 13.6. The van der Waals surface area contributed by atoms with Gasteiger partial charge in [-0.25, -0.2) is 4.39 Å². The van der Waals surface area contributed by atoms with E-state index < -0.39 is 0 Å². The van der Waals surface area contributed by atoms with E-state index in [-0.39, 0.29) is 11.4 Å². The molecule has 2 aliphatic rings. The van der Waals surface area contributed by atoms with Crippen molar-refractivity contribution < 1.29 is 4.39 Å². The van der Waals surface area contributed by atoms with Gasteiger partial charge in [-0.05, 0) is 38.1 Å². The molecule has 2 aliphatic heterocycles. The van der Waals surface area contributed by atoms with Crippen molar-refractivity contribution >= 4 is 5.69 Å². The molecule has 1 saturated heterocycles. The number of nitrogens with one attached hydrogen (secondary N) is 2. The van der Waals surface area contributed by atoms with E-state index in [2.05, 4.69) is 10.6 Å². The van der Waals surface area contributed by atoms with E-state index in [1.165, 1.54) is 0 Å². The normalized spacial score (nSPS) is 22.5. The molecule has 3 rings (SSSR count). The van der Waals surface area contributed by atoms with Gasteiger partial charge in [-0.3, -0.25) is 0 Å². The van der Waals surface area contributed by atoms with Crippen LogP contribution in [0.3, 0.4) is 0 Å². The van der Waals surface area contributed by atoms with Crippen LogP contribution in [-0.4, -0.2) is 18.6 Å². The highest BCUT2D eigenvalue weighted by atomic mass is 19.1. The van der Waals surface area contributed by atoms with Crippen molar-refractivity contribution in [1.82, 2.24) is 5.32 Å².